The number of carbonyl (C=O) groups excluding carboxylic acids is 1. The Morgan fingerprint density at radius 1 is 1.04 bits per heavy atom. The molecule has 6 saturated heterocycles. The van der Waals surface area contributed by atoms with E-state index in [2.05, 4.69) is 27.7 Å². The Bertz CT molecular complexity index is 1230. The van der Waals surface area contributed by atoms with Crippen molar-refractivity contribution in [2.24, 2.45) is 35.5 Å². The van der Waals surface area contributed by atoms with Gasteiger partial charge in [0.25, 0.3) is 5.79 Å². The van der Waals surface area contributed by atoms with Crippen LogP contribution in [0, 0.1) is 35.5 Å². The molecule has 0 radical (unpaired) electrons. The highest BCUT2D eigenvalue weighted by atomic mass is 16.9. The van der Waals surface area contributed by atoms with Crippen LogP contribution in [0.3, 0.4) is 0 Å². The average Bonchev–Trinajstić information content (AvgIpc) is 3.83. The predicted octanol–water partition coefficient (Wildman–Crippen LogP) is 5.46. The summed E-state index contributed by atoms with van der Waals surface area (Å²) in [6.07, 6.45) is 2.62. The molecule has 6 rings (SSSR count). The summed E-state index contributed by atoms with van der Waals surface area (Å²) >= 11 is 0. The number of carbonyl (C=O) groups is 2. The number of methoxy groups -OCH3 is 1. The fourth-order valence-electron chi connectivity index (χ4n) is 10.4. The maximum Gasteiger partial charge on any atom is 0.511 e. The minimum Gasteiger partial charge on any atom is -0.481 e. The first-order valence-electron chi connectivity index (χ1n) is 18.7. The van der Waals surface area contributed by atoms with E-state index in [9.17, 15) is 19.8 Å². The largest absolute Gasteiger partial charge is 0.511 e. The molecule has 2 spiro atoms. The lowest BCUT2D eigenvalue weighted by Crippen LogP contribution is -2.57. The first kappa shape index (κ1) is 37.2. The number of aliphatic hydroxyl groups excluding tert-OH is 1. The van der Waals surface area contributed by atoms with E-state index in [0.29, 0.717) is 19.3 Å². The van der Waals surface area contributed by atoms with Crippen LogP contribution in [0.1, 0.15) is 107 Å². The maximum atomic E-state index is 11.9. The van der Waals surface area contributed by atoms with Crippen LogP contribution >= 0.6 is 0 Å². The van der Waals surface area contributed by atoms with Crippen molar-refractivity contribution in [1.82, 2.24) is 0 Å². The van der Waals surface area contributed by atoms with Crippen molar-refractivity contribution < 1.29 is 57.7 Å². The summed E-state index contributed by atoms with van der Waals surface area (Å²) in [5.74, 6) is -3.78. The summed E-state index contributed by atoms with van der Waals surface area (Å²) in [6, 6.07) is 0. The molecule has 12 heteroatoms. The second-order valence-corrected chi connectivity index (χ2v) is 16.7. The van der Waals surface area contributed by atoms with Crippen molar-refractivity contribution in [3.8, 4) is 0 Å². The first-order valence-corrected chi connectivity index (χ1v) is 18.7. The van der Waals surface area contributed by atoms with Gasteiger partial charge in [0.05, 0.1) is 59.8 Å². The Hall–Kier alpha value is -1.54. The van der Waals surface area contributed by atoms with Crippen LogP contribution in [0.15, 0.2) is 0 Å². The molecule has 0 aliphatic carbocycles. The SMILES string of the molecule is CC[C@@]1([C@@H]2O[C@@H]([C@H]3O[C@@]4(COC(=O)O4)[C@H](C)C[C@@H]3C)C[C@@H]2C)CC[C@H]([C@]2(C)CC[C@]3(C[C@H](O)[C@@H](C)[C@@H]([C@@H](C)[C@@H](OC)[C@H](C)C(=O)O)O3)O2)O1. The van der Waals surface area contributed by atoms with Crippen molar-refractivity contribution >= 4 is 12.1 Å². The van der Waals surface area contributed by atoms with Gasteiger partial charge in [0.2, 0.25) is 0 Å². The number of rotatable bonds is 9. The average molecular weight is 697 g/mol. The normalized spacial score (nSPS) is 50.4. The van der Waals surface area contributed by atoms with Crippen molar-refractivity contribution in [1.29, 1.82) is 0 Å². The predicted molar refractivity (Wildman–Crippen MR) is 175 cm³/mol. The van der Waals surface area contributed by atoms with E-state index in [1.54, 1.807) is 6.92 Å². The van der Waals surface area contributed by atoms with E-state index >= 15 is 0 Å². The Morgan fingerprint density at radius 2 is 1.78 bits per heavy atom. The highest BCUT2D eigenvalue weighted by molar-refractivity contribution is 5.70. The van der Waals surface area contributed by atoms with E-state index in [4.69, 9.17) is 37.9 Å². The summed E-state index contributed by atoms with van der Waals surface area (Å²) in [4.78, 5) is 23.8. The Morgan fingerprint density at radius 3 is 2.41 bits per heavy atom. The monoisotopic (exact) mass is 696 g/mol. The maximum absolute atomic E-state index is 11.9. The molecule has 49 heavy (non-hydrogen) atoms. The molecule has 0 bridgehead atoms. The second kappa shape index (κ2) is 13.5. The van der Waals surface area contributed by atoms with Gasteiger partial charge in [-0.15, -0.1) is 0 Å². The van der Waals surface area contributed by atoms with Crippen LogP contribution in [-0.4, -0.2) is 102 Å². The van der Waals surface area contributed by atoms with E-state index in [0.717, 1.165) is 32.1 Å². The number of carboxylic acids is 1. The number of aliphatic carboxylic acids is 1. The van der Waals surface area contributed by atoms with Gasteiger partial charge >= 0.3 is 12.1 Å². The summed E-state index contributed by atoms with van der Waals surface area (Å²) in [6.45, 7) is 16.3. The lowest BCUT2D eigenvalue weighted by atomic mass is 9.78. The molecule has 2 N–H and O–H groups in total. The Labute approximate surface area is 291 Å². The minimum absolute atomic E-state index is 0.0156. The van der Waals surface area contributed by atoms with Gasteiger partial charge < -0.3 is 48.1 Å². The van der Waals surface area contributed by atoms with Gasteiger partial charge in [-0.05, 0) is 64.2 Å². The Balaban J connectivity index is 1.14. The van der Waals surface area contributed by atoms with E-state index in [1.807, 2.05) is 20.8 Å². The molecule has 0 amide bonds. The van der Waals surface area contributed by atoms with Gasteiger partial charge in [-0.3, -0.25) is 4.79 Å². The third-order valence-electron chi connectivity index (χ3n) is 13.4. The molecule has 6 fully saturated rings. The topological polar surface area (TPSA) is 148 Å². The number of cyclic esters (lactones) is 1. The molecule has 0 saturated carbocycles. The molecule has 12 nitrogen and oxygen atoms in total. The number of carboxylic acid groups (broad SMARTS) is 1. The molecule has 280 valence electrons. The number of hydrogen-bond donors (Lipinski definition) is 2. The van der Waals surface area contributed by atoms with E-state index in [-0.39, 0.29) is 60.6 Å². The molecule has 0 aromatic heterocycles. The molecule has 0 aromatic carbocycles. The quantitative estimate of drug-likeness (QED) is 0.295. The van der Waals surface area contributed by atoms with Gasteiger partial charge in [0.1, 0.15) is 0 Å². The van der Waals surface area contributed by atoms with Gasteiger partial charge in [0, 0.05) is 37.7 Å². The Kier molecular flexibility index (Phi) is 10.2. The highest BCUT2D eigenvalue weighted by Gasteiger charge is 2.63. The molecule has 6 aliphatic rings. The van der Waals surface area contributed by atoms with Crippen LogP contribution in [0.5, 0.6) is 0 Å². The number of ether oxygens (including phenoxy) is 8. The molecule has 6 aliphatic heterocycles. The molecule has 6 heterocycles. The smallest absolute Gasteiger partial charge is 0.481 e. The molecule has 0 aromatic rings. The zero-order chi connectivity index (χ0) is 35.7. The standard InChI is InChI=1S/C37H60O12/c1-10-35(31-20(3)16-26(44-31)28-19(2)15-21(4)37(47-28)18-43-33(41)48-37)12-11-27(45-35)34(8)13-14-36(49-34)17-25(38)22(5)30(46-36)23(6)29(42-9)24(7)32(39)40/h19-31,38H,10-18H2,1-9H3,(H,39,40)/t19-,20-,21+,22+,23-,24-,25-,26+,27+,28-,29+,30-,31+,34-,35-,36+,37+/m0/s1. The van der Waals surface area contributed by atoms with E-state index < -0.39 is 59.1 Å². The van der Waals surface area contributed by atoms with Crippen LogP contribution < -0.4 is 0 Å². The summed E-state index contributed by atoms with van der Waals surface area (Å²) in [5, 5.41) is 21.0. The third-order valence-corrected chi connectivity index (χ3v) is 13.4. The number of aliphatic hydroxyl groups is 1. The first-order chi connectivity index (χ1) is 23.0. The van der Waals surface area contributed by atoms with Gasteiger partial charge in [0.15, 0.2) is 12.4 Å². The minimum atomic E-state index is -1.07. The fourth-order valence-corrected chi connectivity index (χ4v) is 10.4. The summed E-state index contributed by atoms with van der Waals surface area (Å²) in [7, 11) is 1.53. The molecule has 0 unspecified atom stereocenters. The van der Waals surface area contributed by atoms with Crippen LogP contribution in [0.25, 0.3) is 0 Å². The van der Waals surface area contributed by atoms with E-state index in [1.165, 1.54) is 7.11 Å². The summed E-state index contributed by atoms with van der Waals surface area (Å²) < 4.78 is 50.8. The number of hydrogen-bond acceptors (Lipinski definition) is 11. The zero-order valence-electron chi connectivity index (χ0n) is 30.8. The van der Waals surface area contributed by atoms with Crippen LogP contribution in [0.2, 0.25) is 0 Å². The highest BCUT2D eigenvalue weighted by Crippen LogP contribution is 2.55. The van der Waals surface area contributed by atoms with Crippen molar-refractivity contribution in [3.05, 3.63) is 0 Å². The molecular formula is C37H60O12. The third kappa shape index (κ3) is 6.44. The fraction of sp³-hybridized carbons (Fsp3) is 0.946. The molecule has 17 atom stereocenters. The van der Waals surface area contributed by atoms with Crippen molar-refractivity contribution in [2.45, 2.75) is 172 Å². The van der Waals surface area contributed by atoms with Gasteiger partial charge in [-0.1, -0.05) is 41.5 Å². The van der Waals surface area contributed by atoms with Gasteiger partial charge in [-0.25, -0.2) is 4.79 Å². The van der Waals surface area contributed by atoms with Crippen molar-refractivity contribution in [3.63, 3.8) is 0 Å². The van der Waals surface area contributed by atoms with Crippen molar-refractivity contribution in [2.75, 3.05) is 13.7 Å². The van der Waals surface area contributed by atoms with Crippen LogP contribution in [-0.2, 0) is 42.7 Å². The summed E-state index contributed by atoms with van der Waals surface area (Å²) in [5.41, 5.74) is -1.14. The second-order valence-electron chi connectivity index (χ2n) is 16.7. The molecular weight excluding hydrogens is 636 g/mol. The lowest BCUT2D eigenvalue weighted by Gasteiger charge is -2.48. The van der Waals surface area contributed by atoms with Crippen LogP contribution in [0.4, 0.5) is 4.79 Å². The van der Waals surface area contributed by atoms with Gasteiger partial charge in [-0.2, -0.15) is 0 Å². The zero-order valence-corrected chi connectivity index (χ0v) is 30.8. The lowest BCUT2D eigenvalue weighted by molar-refractivity contribution is -0.335.